The summed E-state index contributed by atoms with van der Waals surface area (Å²) in [5, 5.41) is 0. The van der Waals surface area contributed by atoms with Gasteiger partial charge >= 0.3 is 17.8 Å². The zero-order valence-electron chi connectivity index (χ0n) is 22.8. The molecule has 0 unspecified atom stereocenters. The third-order valence-electron chi connectivity index (χ3n) is 7.15. The highest BCUT2D eigenvalue weighted by Crippen LogP contribution is 2.66. The van der Waals surface area contributed by atoms with Crippen LogP contribution in [0.15, 0.2) is 59.5 Å². The van der Waals surface area contributed by atoms with Gasteiger partial charge in [0.1, 0.15) is 16.4 Å². The minimum atomic E-state index is -5.77. The smallest absolute Gasteiger partial charge is 0.380 e. The molecule has 1 aliphatic rings. The van der Waals surface area contributed by atoms with Crippen molar-refractivity contribution in [2.24, 2.45) is 0 Å². The molecular weight excluding hydrogens is 639 g/mol. The van der Waals surface area contributed by atoms with E-state index in [0.717, 1.165) is 34.8 Å². The molecule has 0 bridgehead atoms. The van der Waals surface area contributed by atoms with Crippen molar-refractivity contribution in [3.05, 3.63) is 75.5 Å². The Morgan fingerprint density at radius 3 is 1.63 bits per heavy atom. The van der Waals surface area contributed by atoms with Crippen LogP contribution in [-0.2, 0) is 10.1 Å². The van der Waals surface area contributed by atoms with E-state index in [1.54, 1.807) is 24.3 Å². The highest BCUT2D eigenvalue weighted by atomic mass is 32.2. The maximum absolute atomic E-state index is 15.6. The van der Waals surface area contributed by atoms with Crippen LogP contribution in [0, 0.1) is 13.8 Å². The lowest BCUT2D eigenvalue weighted by atomic mass is 9.94. The Balaban J connectivity index is 1.76. The van der Waals surface area contributed by atoms with Crippen LogP contribution in [0.5, 0.6) is 11.5 Å². The summed E-state index contributed by atoms with van der Waals surface area (Å²) in [6.07, 6.45) is 0. The predicted octanol–water partition coefficient (Wildman–Crippen LogP) is 8.85. The van der Waals surface area contributed by atoms with Crippen LogP contribution in [0.1, 0.15) is 20.9 Å². The van der Waals surface area contributed by atoms with Crippen molar-refractivity contribution in [2.75, 3.05) is 14.2 Å². The number of hydrogen-bond donors (Lipinski definition) is 1. The SMILES string of the molecule is COc1ccc(-c2cc(C3=C(c4cc(-c5ccc(OC)cc5S(=O)(=O)O)sc4C)C(F)(F)C(F)(F)C3(F)F)c(C)s2)cc1. The van der Waals surface area contributed by atoms with Crippen LogP contribution in [-0.4, -0.2) is 45.0 Å². The van der Waals surface area contributed by atoms with Crippen molar-refractivity contribution in [3.8, 4) is 32.4 Å². The molecule has 2 aromatic heterocycles. The number of rotatable bonds is 7. The molecule has 4 aromatic rings. The first-order valence-corrected chi connectivity index (χ1v) is 15.4. The first-order chi connectivity index (χ1) is 20.0. The van der Waals surface area contributed by atoms with Gasteiger partial charge in [-0.25, -0.2) is 0 Å². The van der Waals surface area contributed by atoms with Crippen LogP contribution < -0.4 is 9.47 Å². The molecule has 0 spiro atoms. The van der Waals surface area contributed by atoms with E-state index in [1.807, 2.05) is 0 Å². The van der Waals surface area contributed by atoms with Crippen LogP contribution in [0.2, 0.25) is 0 Å². The summed E-state index contributed by atoms with van der Waals surface area (Å²) in [5.41, 5.74) is -3.72. The topological polar surface area (TPSA) is 72.8 Å². The van der Waals surface area contributed by atoms with E-state index in [2.05, 4.69) is 0 Å². The molecule has 0 radical (unpaired) electrons. The highest BCUT2D eigenvalue weighted by molar-refractivity contribution is 7.86. The van der Waals surface area contributed by atoms with E-state index < -0.39 is 55.1 Å². The number of allylic oxidation sites excluding steroid dienone is 2. The number of methoxy groups -OCH3 is 2. The number of ether oxygens (including phenoxy) is 2. The summed E-state index contributed by atoms with van der Waals surface area (Å²) >= 11 is 1.70. The molecule has 2 aromatic carbocycles. The predicted molar refractivity (Wildman–Crippen MR) is 154 cm³/mol. The molecule has 0 atom stereocenters. The van der Waals surface area contributed by atoms with Gasteiger partial charge in [-0.3, -0.25) is 4.55 Å². The van der Waals surface area contributed by atoms with Gasteiger partial charge in [0.15, 0.2) is 0 Å². The minimum absolute atomic E-state index is 0.0371. The monoisotopic (exact) mass is 660 g/mol. The molecule has 5 nitrogen and oxygen atoms in total. The Bertz CT molecular complexity index is 1870. The van der Waals surface area contributed by atoms with Crippen LogP contribution in [0.25, 0.3) is 32.0 Å². The van der Waals surface area contributed by atoms with Gasteiger partial charge in [-0.1, -0.05) is 0 Å². The second kappa shape index (κ2) is 10.4. The van der Waals surface area contributed by atoms with E-state index in [0.29, 0.717) is 16.2 Å². The third kappa shape index (κ3) is 4.84. The van der Waals surface area contributed by atoms with Crippen molar-refractivity contribution in [2.45, 2.75) is 36.5 Å². The summed E-state index contributed by atoms with van der Waals surface area (Å²) < 4.78 is 136. The normalized spacial score (nSPS) is 17.4. The number of hydrogen-bond acceptors (Lipinski definition) is 6. The summed E-state index contributed by atoms with van der Waals surface area (Å²) in [6, 6.07) is 12.2. The lowest BCUT2D eigenvalue weighted by Gasteiger charge is -2.25. The third-order valence-corrected chi connectivity index (χ3v) is 10.2. The molecule has 1 N–H and O–H groups in total. The average molecular weight is 661 g/mol. The van der Waals surface area contributed by atoms with Gasteiger partial charge in [-0.2, -0.15) is 34.8 Å². The van der Waals surface area contributed by atoms with Gasteiger partial charge < -0.3 is 9.47 Å². The Hall–Kier alpha value is -3.33. The number of halogens is 6. The summed E-state index contributed by atoms with van der Waals surface area (Å²) in [7, 11) is -2.16. The van der Waals surface area contributed by atoms with Gasteiger partial charge in [0.2, 0.25) is 0 Å². The Kier molecular flexibility index (Phi) is 7.52. The number of benzene rings is 2. The number of alkyl halides is 6. The van der Waals surface area contributed by atoms with E-state index >= 15 is 26.3 Å². The second-order valence-corrected chi connectivity index (χ2v) is 13.6. The molecule has 0 fully saturated rings. The van der Waals surface area contributed by atoms with Crippen molar-refractivity contribution >= 4 is 43.9 Å². The largest absolute Gasteiger partial charge is 0.497 e. The molecule has 0 amide bonds. The summed E-state index contributed by atoms with van der Waals surface area (Å²) in [5.74, 6) is -15.8. The first kappa shape index (κ1) is 31.1. The fraction of sp³-hybridized carbons (Fsp3) is 0.241. The number of aryl methyl sites for hydroxylation is 2. The summed E-state index contributed by atoms with van der Waals surface area (Å²) in [6.45, 7) is 2.66. The molecule has 228 valence electrons. The molecule has 0 saturated carbocycles. The fourth-order valence-electron chi connectivity index (χ4n) is 4.97. The van der Waals surface area contributed by atoms with Gasteiger partial charge in [-0.05, 0) is 79.1 Å². The Morgan fingerprint density at radius 2 is 1.14 bits per heavy atom. The van der Waals surface area contributed by atoms with Gasteiger partial charge in [0.05, 0.1) is 14.2 Å². The molecular formula is C29H22F6O5S3. The second-order valence-electron chi connectivity index (χ2n) is 9.70. The Labute approximate surface area is 250 Å². The molecule has 0 aliphatic heterocycles. The summed E-state index contributed by atoms with van der Waals surface area (Å²) in [4.78, 5) is -0.222. The zero-order valence-corrected chi connectivity index (χ0v) is 25.2. The molecule has 0 saturated heterocycles. The van der Waals surface area contributed by atoms with Crippen LogP contribution in [0.4, 0.5) is 26.3 Å². The van der Waals surface area contributed by atoms with Gasteiger partial charge in [0.25, 0.3) is 10.1 Å². The van der Waals surface area contributed by atoms with E-state index in [9.17, 15) is 13.0 Å². The molecule has 14 heteroatoms. The highest BCUT2D eigenvalue weighted by Gasteiger charge is 2.80. The van der Waals surface area contributed by atoms with Crippen molar-refractivity contribution in [1.29, 1.82) is 0 Å². The fourth-order valence-corrected chi connectivity index (χ4v) is 7.85. The number of thiophene rings is 2. The minimum Gasteiger partial charge on any atom is -0.497 e. The van der Waals surface area contributed by atoms with Crippen LogP contribution in [0.3, 0.4) is 0 Å². The molecule has 1 aliphatic carbocycles. The first-order valence-electron chi connectivity index (χ1n) is 12.4. The quantitative estimate of drug-likeness (QED) is 0.158. The lowest BCUT2D eigenvalue weighted by molar-refractivity contribution is -0.254. The van der Waals surface area contributed by atoms with Crippen molar-refractivity contribution in [1.82, 2.24) is 0 Å². The Morgan fingerprint density at radius 1 is 0.674 bits per heavy atom. The average Bonchev–Trinajstić information content (AvgIpc) is 3.54. The van der Waals surface area contributed by atoms with Crippen molar-refractivity contribution in [3.63, 3.8) is 0 Å². The molecule has 2 heterocycles. The maximum Gasteiger partial charge on any atom is 0.380 e. The van der Waals surface area contributed by atoms with E-state index in [4.69, 9.17) is 9.47 Å². The molecule has 43 heavy (non-hydrogen) atoms. The van der Waals surface area contributed by atoms with E-state index in [-0.39, 0.29) is 25.9 Å². The van der Waals surface area contributed by atoms with E-state index in [1.165, 1.54) is 46.3 Å². The van der Waals surface area contributed by atoms with Crippen molar-refractivity contribution < 1.29 is 48.8 Å². The van der Waals surface area contributed by atoms with Crippen LogP contribution >= 0.6 is 22.7 Å². The zero-order chi connectivity index (χ0) is 31.7. The maximum atomic E-state index is 15.6. The standard InChI is InChI=1S/C29H22F6O5S3/c1-14-20(12-22(41-14)16-5-7-17(39-3)8-6-16)25-26(28(32,33)29(34,35)27(25,30)31)21-13-23(42-15(21)2)19-10-9-18(40-4)11-24(19)43(36,37)38/h5-13H,1-4H3,(H,36,37,38). The van der Waals surface area contributed by atoms with Gasteiger partial charge in [-0.15, -0.1) is 22.7 Å². The lowest BCUT2D eigenvalue weighted by Crippen LogP contribution is -2.48. The molecule has 5 rings (SSSR count). The van der Waals surface area contributed by atoms with Gasteiger partial charge in [0, 0.05) is 42.3 Å².